The molecule has 1 unspecified atom stereocenters. The summed E-state index contributed by atoms with van der Waals surface area (Å²) in [5.41, 5.74) is 0. The number of aliphatic carboxylic acids is 1. The van der Waals surface area contributed by atoms with Gasteiger partial charge < -0.3 is 10.4 Å². The lowest BCUT2D eigenvalue weighted by atomic mass is 10.6. The molecule has 1 atom stereocenters. The molecule has 1 amide bonds. The van der Waals surface area contributed by atoms with Crippen LogP contribution >= 0.6 is 0 Å². The average molecular weight is 159 g/mol. The minimum Gasteiger partial charge on any atom is -0.481 e. The van der Waals surface area contributed by atoms with Gasteiger partial charge in [0.05, 0.1) is 4.90 Å². The van der Waals surface area contributed by atoms with Crippen LogP contribution in [0.1, 0.15) is 0 Å². The minimum atomic E-state index is -0.939. The third-order valence-electron chi connectivity index (χ3n) is 0.790. The van der Waals surface area contributed by atoms with Crippen LogP contribution in [0.5, 0.6) is 0 Å². The van der Waals surface area contributed by atoms with E-state index >= 15 is 0 Å². The van der Waals surface area contributed by atoms with E-state index in [0.29, 0.717) is 32.6 Å². The summed E-state index contributed by atoms with van der Waals surface area (Å²) in [6.07, 6.45) is 0. The molecule has 6 heteroatoms. The Morgan fingerprint density at radius 2 is 2.00 bits per heavy atom. The van der Waals surface area contributed by atoms with Crippen molar-refractivity contribution in [1.29, 1.82) is 0 Å². The molecule has 0 radical (unpaired) electrons. The van der Waals surface area contributed by atoms with Crippen LogP contribution in [0.2, 0.25) is 0 Å². The highest BCUT2D eigenvalue weighted by Crippen LogP contribution is 1.73. The lowest BCUT2D eigenvalue weighted by molar-refractivity contribution is -0.136. The van der Waals surface area contributed by atoms with Gasteiger partial charge >= 0.3 is 22.3 Å². The van der Waals surface area contributed by atoms with Crippen LogP contribution in [0.4, 0.5) is 4.79 Å². The van der Waals surface area contributed by atoms with Crippen molar-refractivity contribution in [3.8, 4) is 0 Å². The molecule has 0 bridgehead atoms. The highest BCUT2D eigenvalue weighted by molar-refractivity contribution is 6.57. The first-order chi connectivity index (χ1) is 4.04. The molecule has 0 saturated carbocycles. The van der Waals surface area contributed by atoms with Crippen LogP contribution in [0.3, 0.4) is 0 Å². The van der Waals surface area contributed by atoms with Gasteiger partial charge in [0.25, 0.3) is 16.3 Å². The molecular formula is C3H7Al2NO3. The molecule has 0 heterocycles. The van der Waals surface area contributed by atoms with Crippen LogP contribution in [-0.2, 0) is 4.79 Å². The SMILES string of the molecule is O=[C]([AlH2])N[CH]([AlH2])C(=O)O. The number of carboxylic acids is 1. The average Bonchev–Trinajstić information content (AvgIpc) is 1.63. The third-order valence-corrected chi connectivity index (χ3v) is 1.86. The van der Waals surface area contributed by atoms with Crippen LogP contribution in [0, 0.1) is 0 Å². The van der Waals surface area contributed by atoms with Crippen molar-refractivity contribution in [2.24, 2.45) is 0 Å². The number of hydrogen-bond donors (Lipinski definition) is 2. The molecule has 4 nitrogen and oxygen atoms in total. The summed E-state index contributed by atoms with van der Waals surface area (Å²) in [5, 5.41) is 10.6. The summed E-state index contributed by atoms with van der Waals surface area (Å²) in [7, 11) is 0. The number of carbonyl (C=O) groups is 2. The first-order valence-electron chi connectivity index (χ1n) is 2.54. The zero-order valence-electron chi connectivity index (χ0n) is 5.34. The van der Waals surface area contributed by atoms with Gasteiger partial charge in [-0.2, -0.15) is 0 Å². The second kappa shape index (κ2) is 3.92. The fourth-order valence-electron chi connectivity index (χ4n) is 0.367. The Kier molecular flexibility index (Phi) is 3.93. The molecular weight excluding hydrogens is 152 g/mol. The molecule has 0 aliphatic carbocycles. The molecule has 0 aromatic rings. The Morgan fingerprint density at radius 1 is 1.56 bits per heavy atom. The topological polar surface area (TPSA) is 66.4 Å². The zero-order chi connectivity index (χ0) is 7.44. The summed E-state index contributed by atoms with van der Waals surface area (Å²) in [5.74, 6) is -0.939. The van der Waals surface area contributed by atoms with Gasteiger partial charge in [0.15, 0.2) is 0 Å². The van der Waals surface area contributed by atoms with Gasteiger partial charge in [0.2, 0.25) is 0 Å². The minimum absolute atomic E-state index is 0.155. The summed E-state index contributed by atoms with van der Waals surface area (Å²) in [6.45, 7) is 0. The number of rotatable bonds is 2. The molecule has 0 aliphatic rings. The summed E-state index contributed by atoms with van der Waals surface area (Å²) in [4.78, 5) is 19.7. The first kappa shape index (κ1) is 9.00. The van der Waals surface area contributed by atoms with Crippen LogP contribution in [0.15, 0.2) is 0 Å². The van der Waals surface area contributed by atoms with Gasteiger partial charge in [-0.05, 0) is 0 Å². The van der Waals surface area contributed by atoms with Gasteiger partial charge in [-0.3, -0.25) is 9.59 Å². The van der Waals surface area contributed by atoms with Crippen LogP contribution in [0.25, 0.3) is 0 Å². The van der Waals surface area contributed by atoms with E-state index in [1.807, 2.05) is 0 Å². The molecule has 0 spiro atoms. The van der Waals surface area contributed by atoms with Crippen molar-refractivity contribution >= 4 is 43.3 Å². The smallest absolute Gasteiger partial charge is 0.354 e. The third kappa shape index (κ3) is 4.50. The number of nitrogens with one attached hydrogen (secondary N) is 1. The van der Waals surface area contributed by atoms with Gasteiger partial charge in [0.1, 0.15) is 4.77 Å². The van der Waals surface area contributed by atoms with Crippen molar-refractivity contribution in [3.05, 3.63) is 0 Å². The zero-order valence-corrected chi connectivity index (χ0v) is 9.34. The molecule has 48 valence electrons. The largest absolute Gasteiger partial charge is 0.481 e. The maximum Gasteiger partial charge on any atom is 0.354 e. The fraction of sp³-hybridized carbons (Fsp3) is 0.333. The molecule has 0 aromatic carbocycles. The van der Waals surface area contributed by atoms with E-state index in [9.17, 15) is 9.59 Å². The number of amides is 1. The first-order valence-corrected chi connectivity index (χ1v) is 4.69. The monoisotopic (exact) mass is 159 g/mol. The molecule has 0 rings (SSSR count). The second-order valence-electron chi connectivity index (χ2n) is 1.76. The lowest BCUT2D eigenvalue weighted by Gasteiger charge is -2.05. The highest BCUT2D eigenvalue weighted by atomic mass is 27.1. The van der Waals surface area contributed by atoms with Crippen LogP contribution < -0.4 is 5.32 Å². The van der Waals surface area contributed by atoms with E-state index in [1.165, 1.54) is 0 Å². The Hall–Kier alpha value is 0.00494. The maximum absolute atomic E-state index is 10.3. The van der Waals surface area contributed by atoms with Crippen molar-refractivity contribution in [1.82, 2.24) is 5.32 Å². The Bertz CT molecular complexity index is 137. The Labute approximate surface area is 68.5 Å². The quantitative estimate of drug-likeness (QED) is 0.433. The number of carbonyl (C=O) groups excluding carboxylic acids is 1. The normalized spacial score (nSPS) is 12.0. The van der Waals surface area contributed by atoms with Crippen molar-refractivity contribution < 1.29 is 14.7 Å². The summed E-state index contributed by atoms with van der Waals surface area (Å²) in [6, 6.07) is 0. The van der Waals surface area contributed by atoms with E-state index in [-0.39, 0.29) is 4.77 Å². The highest BCUT2D eigenvalue weighted by Gasteiger charge is 2.09. The van der Waals surface area contributed by atoms with Crippen molar-refractivity contribution in [2.75, 3.05) is 0 Å². The summed E-state index contributed by atoms with van der Waals surface area (Å²) >= 11 is 0.834. The standard InChI is InChI=1S/C3H3NO3.2Al.4H/c5-2-4-1-3(6)7;;;;;;/h1H,(H,4,5)(H,6,7);;;;;;. The van der Waals surface area contributed by atoms with E-state index in [2.05, 4.69) is 5.32 Å². The predicted molar refractivity (Wildman–Crippen MR) is 37.0 cm³/mol. The van der Waals surface area contributed by atoms with Gasteiger partial charge in [-0.25, -0.2) is 0 Å². The van der Waals surface area contributed by atoms with Gasteiger partial charge in [0, 0.05) is 0 Å². The molecule has 2 N–H and O–H groups in total. The Morgan fingerprint density at radius 3 is 2.11 bits per heavy atom. The van der Waals surface area contributed by atoms with Crippen molar-refractivity contribution in [2.45, 2.75) is 4.90 Å². The predicted octanol–water partition coefficient (Wildman–Crippen LogP) is -2.63. The molecule has 9 heavy (non-hydrogen) atoms. The van der Waals surface area contributed by atoms with Crippen molar-refractivity contribution in [3.63, 3.8) is 0 Å². The molecule has 0 aliphatic heterocycles. The number of carboxylic acid groups (broad SMARTS) is 1. The molecule has 0 fully saturated rings. The summed E-state index contributed by atoms with van der Waals surface area (Å²) < 4.78 is -0.155. The van der Waals surface area contributed by atoms with Crippen LogP contribution in [-0.4, -0.2) is 53.3 Å². The van der Waals surface area contributed by atoms with E-state index < -0.39 is 10.9 Å². The van der Waals surface area contributed by atoms with Gasteiger partial charge in [-0.15, -0.1) is 0 Å². The van der Waals surface area contributed by atoms with E-state index in [0.717, 1.165) is 0 Å². The molecule has 0 saturated heterocycles. The van der Waals surface area contributed by atoms with E-state index in [4.69, 9.17) is 5.11 Å². The van der Waals surface area contributed by atoms with E-state index in [1.54, 1.807) is 0 Å². The second-order valence-corrected chi connectivity index (χ2v) is 3.82. The molecule has 0 aromatic heterocycles. The maximum atomic E-state index is 10.3. The van der Waals surface area contributed by atoms with Gasteiger partial charge in [-0.1, -0.05) is 0 Å². The number of hydrogen-bond acceptors (Lipinski definition) is 2. The fourth-order valence-corrected chi connectivity index (χ4v) is 1.78. The lowest BCUT2D eigenvalue weighted by Crippen LogP contribution is -2.40. The Balaban J connectivity index is 3.63.